The Balaban J connectivity index is 1.13. The average molecular weight is 593 g/mol. The zero-order valence-electron chi connectivity index (χ0n) is 24.0. The highest BCUT2D eigenvalue weighted by Gasteiger charge is 2.20. The van der Waals surface area contributed by atoms with E-state index in [0.29, 0.717) is 0 Å². The first-order valence-corrected chi connectivity index (χ1v) is 15.0. The number of hydrogen-bond donors (Lipinski definition) is 0. The Labute approximate surface area is 258 Å². The fourth-order valence-electron chi connectivity index (χ4n) is 7.18. The third kappa shape index (κ3) is 3.02. The average Bonchev–Trinajstić information content (AvgIpc) is 3.85. The molecule has 0 spiro atoms. The molecule has 0 aliphatic heterocycles. The van der Waals surface area contributed by atoms with Crippen LogP contribution in [0.25, 0.3) is 99.4 Å². The van der Waals surface area contributed by atoms with Crippen LogP contribution < -0.4 is 0 Å². The molecular formula is C38H20N6O2. The van der Waals surface area contributed by atoms with Gasteiger partial charge in [0, 0.05) is 57.7 Å². The molecule has 0 bridgehead atoms. The summed E-state index contributed by atoms with van der Waals surface area (Å²) in [6.45, 7) is 0. The molecule has 0 aliphatic carbocycles. The van der Waals surface area contributed by atoms with E-state index in [2.05, 4.69) is 89.7 Å². The molecule has 3 aromatic carbocycles. The first kappa shape index (κ1) is 23.9. The van der Waals surface area contributed by atoms with E-state index in [1.165, 1.54) is 0 Å². The summed E-state index contributed by atoms with van der Waals surface area (Å²) in [5.41, 5.74) is 12.7. The SMILES string of the molecule is c1cnc2c3ncccc3n(-c3ccc4oc5c(ccc6c7cc(-n8c9cccnc9c9ncccc98)ccc7oc65)c4c3)c2c1. The molecular weight excluding hydrogens is 572 g/mol. The van der Waals surface area contributed by atoms with Crippen LogP contribution in [0, 0.1) is 0 Å². The summed E-state index contributed by atoms with van der Waals surface area (Å²) in [5, 5.41) is 4.03. The Morgan fingerprint density at radius 2 is 0.761 bits per heavy atom. The van der Waals surface area contributed by atoms with E-state index in [9.17, 15) is 0 Å². The molecule has 46 heavy (non-hydrogen) atoms. The minimum atomic E-state index is 0.734. The minimum Gasteiger partial charge on any atom is -0.452 e. The van der Waals surface area contributed by atoms with Crippen LogP contribution in [-0.2, 0) is 0 Å². The summed E-state index contributed by atoms with van der Waals surface area (Å²) in [5.74, 6) is 0. The Morgan fingerprint density at radius 3 is 1.13 bits per heavy atom. The van der Waals surface area contributed by atoms with Crippen LogP contribution in [0.5, 0.6) is 0 Å². The summed E-state index contributed by atoms with van der Waals surface area (Å²) < 4.78 is 17.4. The first-order valence-electron chi connectivity index (χ1n) is 15.0. The van der Waals surface area contributed by atoms with E-state index >= 15 is 0 Å². The van der Waals surface area contributed by atoms with Gasteiger partial charge in [-0.1, -0.05) is 0 Å². The predicted molar refractivity (Wildman–Crippen MR) is 181 cm³/mol. The topological polar surface area (TPSA) is 87.7 Å². The third-order valence-corrected chi connectivity index (χ3v) is 9.12. The van der Waals surface area contributed by atoms with Crippen LogP contribution in [-0.4, -0.2) is 29.1 Å². The van der Waals surface area contributed by atoms with E-state index < -0.39 is 0 Å². The standard InChI is InChI=1S/C38H20N6O2/c1-5-27-33(39-15-1)34-28(6-2-16-40-34)43(27)21-9-13-31-25(19-21)23-11-12-24-26-20-22(10-14-32(26)46-38(24)37(23)45-31)44-29-7-3-17-41-35(29)36-30(44)8-4-18-42-36/h1-20H. The monoisotopic (exact) mass is 592 g/mol. The van der Waals surface area contributed by atoms with Crippen molar-refractivity contribution >= 4 is 88.0 Å². The highest BCUT2D eigenvalue weighted by atomic mass is 16.4. The molecule has 0 unspecified atom stereocenters. The van der Waals surface area contributed by atoms with Gasteiger partial charge < -0.3 is 18.0 Å². The number of rotatable bonds is 2. The quantitative estimate of drug-likeness (QED) is 0.199. The van der Waals surface area contributed by atoms with Crippen molar-refractivity contribution in [2.24, 2.45) is 0 Å². The summed E-state index contributed by atoms with van der Waals surface area (Å²) in [6.07, 6.45) is 7.25. The summed E-state index contributed by atoms with van der Waals surface area (Å²) in [4.78, 5) is 18.6. The molecule has 0 N–H and O–H groups in total. The summed E-state index contributed by atoms with van der Waals surface area (Å²) in [6, 6.07) is 33.0. The van der Waals surface area contributed by atoms with Crippen LogP contribution in [0.15, 0.2) is 131 Å². The zero-order chi connectivity index (χ0) is 29.9. The Kier molecular flexibility index (Phi) is 4.43. The second-order valence-electron chi connectivity index (χ2n) is 11.5. The van der Waals surface area contributed by atoms with Crippen LogP contribution in [0.3, 0.4) is 0 Å². The smallest absolute Gasteiger partial charge is 0.178 e. The van der Waals surface area contributed by atoms with Crippen molar-refractivity contribution < 1.29 is 8.83 Å². The van der Waals surface area contributed by atoms with Crippen molar-refractivity contribution in [3.05, 3.63) is 122 Å². The molecule has 0 aliphatic rings. The maximum atomic E-state index is 6.51. The van der Waals surface area contributed by atoms with Crippen LogP contribution in [0.1, 0.15) is 0 Å². The van der Waals surface area contributed by atoms with E-state index in [4.69, 9.17) is 8.83 Å². The van der Waals surface area contributed by atoms with Gasteiger partial charge in [0.25, 0.3) is 0 Å². The van der Waals surface area contributed by atoms with Crippen molar-refractivity contribution in [3.63, 3.8) is 0 Å². The van der Waals surface area contributed by atoms with Crippen molar-refractivity contribution in [1.29, 1.82) is 0 Å². The van der Waals surface area contributed by atoms with Crippen LogP contribution in [0.2, 0.25) is 0 Å². The van der Waals surface area contributed by atoms with Crippen molar-refractivity contribution in [1.82, 2.24) is 29.1 Å². The minimum absolute atomic E-state index is 0.734. The fourth-order valence-corrected chi connectivity index (χ4v) is 7.18. The van der Waals surface area contributed by atoms with Gasteiger partial charge in [0.05, 0.1) is 22.1 Å². The van der Waals surface area contributed by atoms with E-state index in [-0.39, 0.29) is 0 Å². The highest BCUT2D eigenvalue weighted by molar-refractivity contribution is 6.19. The molecule has 0 saturated carbocycles. The second-order valence-corrected chi connectivity index (χ2v) is 11.5. The van der Waals surface area contributed by atoms with Gasteiger partial charge in [-0.2, -0.15) is 0 Å². The van der Waals surface area contributed by atoms with Crippen molar-refractivity contribution in [2.75, 3.05) is 0 Å². The number of fused-ring (bicyclic) bond motifs is 13. The second kappa shape index (κ2) is 8.55. The Morgan fingerprint density at radius 1 is 0.391 bits per heavy atom. The molecule has 8 aromatic heterocycles. The summed E-state index contributed by atoms with van der Waals surface area (Å²) >= 11 is 0. The van der Waals surface area contributed by atoms with Gasteiger partial charge in [0.1, 0.15) is 33.2 Å². The first-order chi connectivity index (χ1) is 22.8. The molecule has 8 nitrogen and oxygen atoms in total. The lowest BCUT2D eigenvalue weighted by atomic mass is 10.1. The number of nitrogens with zero attached hydrogens (tertiary/aromatic N) is 6. The lowest BCUT2D eigenvalue weighted by Crippen LogP contribution is -1.93. The molecule has 8 heterocycles. The molecule has 0 amide bonds. The normalized spacial score (nSPS) is 12.3. The van der Waals surface area contributed by atoms with Crippen LogP contribution >= 0.6 is 0 Å². The molecule has 11 rings (SSSR count). The number of aromatic nitrogens is 6. The zero-order valence-corrected chi connectivity index (χ0v) is 24.0. The van der Waals surface area contributed by atoms with Gasteiger partial charge in [-0.15, -0.1) is 0 Å². The van der Waals surface area contributed by atoms with Crippen LogP contribution in [0.4, 0.5) is 0 Å². The molecule has 0 fully saturated rings. The van der Waals surface area contributed by atoms with Gasteiger partial charge >= 0.3 is 0 Å². The molecule has 11 aromatic rings. The van der Waals surface area contributed by atoms with Crippen molar-refractivity contribution in [3.8, 4) is 11.4 Å². The highest BCUT2D eigenvalue weighted by Crippen LogP contribution is 2.41. The molecule has 8 heteroatoms. The Bertz CT molecular complexity index is 2740. The lowest BCUT2D eigenvalue weighted by molar-refractivity contribution is 0.633. The molecule has 0 saturated heterocycles. The van der Waals surface area contributed by atoms with Gasteiger partial charge in [-0.25, -0.2) is 0 Å². The molecule has 214 valence electrons. The van der Waals surface area contributed by atoms with Gasteiger partial charge in [-0.3, -0.25) is 19.9 Å². The van der Waals surface area contributed by atoms with Crippen molar-refractivity contribution in [2.45, 2.75) is 0 Å². The Hall–Kier alpha value is -6.54. The number of hydrogen-bond acceptors (Lipinski definition) is 6. The summed E-state index contributed by atoms with van der Waals surface area (Å²) in [7, 11) is 0. The van der Waals surface area contributed by atoms with Gasteiger partial charge in [-0.05, 0) is 97.1 Å². The maximum Gasteiger partial charge on any atom is 0.178 e. The van der Waals surface area contributed by atoms with Gasteiger partial charge in [0.15, 0.2) is 11.2 Å². The maximum absolute atomic E-state index is 6.51. The predicted octanol–water partition coefficient (Wildman–Crippen LogP) is 9.26. The van der Waals surface area contributed by atoms with E-state index in [1.54, 1.807) is 0 Å². The lowest BCUT2D eigenvalue weighted by Gasteiger charge is -2.07. The van der Waals surface area contributed by atoms with E-state index in [1.807, 2.05) is 61.2 Å². The molecule has 0 atom stereocenters. The third-order valence-electron chi connectivity index (χ3n) is 9.12. The van der Waals surface area contributed by atoms with E-state index in [0.717, 1.165) is 99.4 Å². The number of benzene rings is 3. The fraction of sp³-hybridized carbons (Fsp3) is 0. The number of furan rings is 2. The van der Waals surface area contributed by atoms with Gasteiger partial charge in [0.2, 0.25) is 0 Å². The number of pyridine rings is 4. The molecule has 0 radical (unpaired) electrons. The largest absolute Gasteiger partial charge is 0.452 e.